The van der Waals surface area contributed by atoms with Crippen LogP contribution in [0.5, 0.6) is 0 Å². The van der Waals surface area contributed by atoms with Crippen LogP contribution in [-0.2, 0) is 0 Å². The molecule has 0 spiro atoms. The van der Waals surface area contributed by atoms with Crippen molar-refractivity contribution in [2.75, 3.05) is 0 Å². The largest absolute Gasteiger partial charge is 0.456 e. The highest BCUT2D eigenvalue weighted by atomic mass is 16.3. The van der Waals surface area contributed by atoms with Crippen LogP contribution in [0.25, 0.3) is 99.2 Å². The maximum absolute atomic E-state index is 8.66. The van der Waals surface area contributed by atoms with Crippen LogP contribution >= 0.6 is 0 Å². The van der Waals surface area contributed by atoms with Crippen molar-refractivity contribution >= 4 is 65.6 Å². The van der Waals surface area contributed by atoms with Crippen LogP contribution in [0.2, 0.25) is 0 Å². The topological polar surface area (TPSA) is 23.0 Å². The Bertz CT molecular complexity index is 3400. The van der Waals surface area contributed by atoms with Crippen LogP contribution < -0.4 is 0 Å². The lowest BCUT2D eigenvalue weighted by molar-refractivity contribution is 0.668. The first-order valence-electron chi connectivity index (χ1n) is 19.5. The molecule has 3 nitrogen and oxygen atoms in total. The second-order valence-electron chi connectivity index (χ2n) is 13.0. The summed E-state index contributed by atoms with van der Waals surface area (Å²) in [6, 6.07) is 50.9. The van der Waals surface area contributed by atoms with Gasteiger partial charge in [0, 0.05) is 49.8 Å². The second-order valence-corrected chi connectivity index (χ2v) is 13.0. The van der Waals surface area contributed by atoms with Crippen LogP contribution in [0.3, 0.4) is 0 Å². The van der Waals surface area contributed by atoms with Gasteiger partial charge in [0.15, 0.2) is 0 Å². The van der Waals surface area contributed by atoms with Gasteiger partial charge < -0.3 is 13.6 Å². The van der Waals surface area contributed by atoms with E-state index in [0.29, 0.717) is 22.1 Å². The SMILES string of the molecule is [2H]c1c([2H])c([2H])c(-c2cccc3oc4cc(-n5c6ccccc6c6cc(-c7ccc8c(c7)c7ccccc7n8-c7ccccc7)ccc65)ccc4c23)c([2H])c1[2H]. The molecule has 3 heteroatoms. The van der Waals surface area contributed by atoms with E-state index in [0.717, 1.165) is 49.7 Å². The quantitative estimate of drug-likeness (QED) is 0.185. The van der Waals surface area contributed by atoms with E-state index in [2.05, 4.69) is 124 Å². The zero-order valence-corrected chi connectivity index (χ0v) is 27.2. The highest BCUT2D eigenvalue weighted by Crippen LogP contribution is 2.41. The molecule has 0 saturated heterocycles. The molecule has 0 fully saturated rings. The van der Waals surface area contributed by atoms with Crippen LogP contribution in [0.15, 0.2) is 186 Å². The monoisotopic (exact) mass is 655 g/mol. The van der Waals surface area contributed by atoms with Crippen molar-refractivity contribution < 1.29 is 11.3 Å². The maximum atomic E-state index is 8.66. The number of para-hydroxylation sites is 3. The first-order chi connectivity index (χ1) is 27.4. The minimum Gasteiger partial charge on any atom is -0.456 e. The molecule has 0 aliphatic rings. The summed E-state index contributed by atoms with van der Waals surface area (Å²) < 4.78 is 53.0. The summed E-state index contributed by atoms with van der Waals surface area (Å²) in [6.07, 6.45) is 0. The lowest BCUT2D eigenvalue weighted by Crippen LogP contribution is -1.93. The third-order valence-electron chi connectivity index (χ3n) is 10.2. The number of rotatable bonds is 4. The Kier molecular flexibility index (Phi) is 4.99. The number of aromatic nitrogens is 2. The van der Waals surface area contributed by atoms with Gasteiger partial charge in [-0.3, -0.25) is 0 Å². The molecule has 238 valence electrons. The molecule has 0 amide bonds. The summed E-state index contributed by atoms with van der Waals surface area (Å²) in [5.41, 5.74) is 10.7. The van der Waals surface area contributed by atoms with Gasteiger partial charge in [0.25, 0.3) is 0 Å². The van der Waals surface area contributed by atoms with Crippen molar-refractivity contribution in [3.05, 3.63) is 182 Å². The van der Waals surface area contributed by atoms with Crippen LogP contribution in [0.1, 0.15) is 6.85 Å². The van der Waals surface area contributed by atoms with E-state index in [-0.39, 0.29) is 29.7 Å². The highest BCUT2D eigenvalue weighted by molar-refractivity contribution is 6.15. The van der Waals surface area contributed by atoms with Gasteiger partial charge in [-0.2, -0.15) is 0 Å². The molecule has 0 unspecified atom stereocenters. The van der Waals surface area contributed by atoms with E-state index < -0.39 is 6.04 Å². The summed E-state index contributed by atoms with van der Waals surface area (Å²) in [4.78, 5) is 0. The molecule has 0 N–H and O–H groups in total. The van der Waals surface area contributed by atoms with Crippen LogP contribution in [0.4, 0.5) is 0 Å². The Balaban J connectivity index is 1.07. The molecule has 0 atom stereocenters. The van der Waals surface area contributed by atoms with Crippen molar-refractivity contribution in [2.24, 2.45) is 0 Å². The Morgan fingerprint density at radius 3 is 1.69 bits per heavy atom. The molecule has 11 rings (SSSR count). The lowest BCUT2D eigenvalue weighted by atomic mass is 9.99. The van der Waals surface area contributed by atoms with E-state index in [1.54, 1.807) is 12.1 Å². The fraction of sp³-hybridized carbons (Fsp3) is 0. The van der Waals surface area contributed by atoms with Crippen molar-refractivity contribution in [3.8, 4) is 33.6 Å². The molecule has 0 radical (unpaired) electrons. The molecular formula is C48H30N2O. The van der Waals surface area contributed by atoms with Crippen molar-refractivity contribution in [3.63, 3.8) is 0 Å². The van der Waals surface area contributed by atoms with Gasteiger partial charge in [0.05, 0.1) is 28.9 Å². The Hall–Kier alpha value is -6.84. The molecule has 8 aromatic carbocycles. The van der Waals surface area contributed by atoms with Crippen LogP contribution in [0, 0.1) is 0 Å². The summed E-state index contributed by atoms with van der Waals surface area (Å²) in [6.45, 7) is 0. The zero-order valence-electron chi connectivity index (χ0n) is 32.2. The molecule has 0 bridgehead atoms. The predicted molar refractivity (Wildman–Crippen MR) is 213 cm³/mol. The van der Waals surface area contributed by atoms with Gasteiger partial charge in [0.1, 0.15) is 11.2 Å². The molecule has 3 aromatic heterocycles. The fourth-order valence-electron chi connectivity index (χ4n) is 7.98. The van der Waals surface area contributed by atoms with Gasteiger partial charge in [-0.05, 0) is 89.0 Å². The highest BCUT2D eigenvalue weighted by Gasteiger charge is 2.18. The molecule has 0 aliphatic heterocycles. The minimum absolute atomic E-state index is 0.160. The summed E-state index contributed by atoms with van der Waals surface area (Å²) in [7, 11) is 0. The maximum Gasteiger partial charge on any atom is 0.137 e. The number of benzene rings is 8. The molecule has 3 heterocycles. The number of nitrogens with zero attached hydrogens (tertiary/aromatic N) is 2. The summed E-state index contributed by atoms with van der Waals surface area (Å²) in [5, 5.41) is 6.21. The third-order valence-corrected chi connectivity index (χ3v) is 10.2. The number of hydrogen-bond acceptors (Lipinski definition) is 1. The minimum atomic E-state index is -0.413. The van der Waals surface area contributed by atoms with Crippen molar-refractivity contribution in [2.45, 2.75) is 0 Å². The zero-order chi connectivity index (χ0) is 37.8. The lowest BCUT2D eigenvalue weighted by Gasteiger charge is -2.09. The summed E-state index contributed by atoms with van der Waals surface area (Å²) in [5.74, 6) is 0. The van der Waals surface area contributed by atoms with E-state index >= 15 is 0 Å². The normalized spacial score (nSPS) is 13.3. The van der Waals surface area contributed by atoms with Crippen molar-refractivity contribution in [1.29, 1.82) is 0 Å². The van der Waals surface area contributed by atoms with E-state index in [9.17, 15) is 0 Å². The van der Waals surface area contributed by atoms with Crippen molar-refractivity contribution in [1.82, 2.24) is 9.13 Å². The van der Waals surface area contributed by atoms with Gasteiger partial charge in [-0.15, -0.1) is 0 Å². The second kappa shape index (κ2) is 10.8. The van der Waals surface area contributed by atoms with Gasteiger partial charge in [0.2, 0.25) is 0 Å². The Labute approximate surface area is 300 Å². The predicted octanol–water partition coefficient (Wildman–Crippen LogP) is 13.1. The van der Waals surface area contributed by atoms with Crippen LogP contribution in [-0.4, -0.2) is 9.13 Å². The molecular weight excluding hydrogens is 621 g/mol. The number of fused-ring (bicyclic) bond motifs is 9. The first kappa shape index (κ1) is 23.5. The summed E-state index contributed by atoms with van der Waals surface area (Å²) >= 11 is 0. The third kappa shape index (κ3) is 4.19. The average Bonchev–Trinajstić information content (AvgIpc) is 3.89. The average molecular weight is 656 g/mol. The number of furan rings is 1. The molecule has 51 heavy (non-hydrogen) atoms. The smallest absolute Gasteiger partial charge is 0.137 e. The Morgan fingerprint density at radius 2 is 1.00 bits per heavy atom. The van der Waals surface area contributed by atoms with Gasteiger partial charge in [-0.1, -0.05) is 109 Å². The van der Waals surface area contributed by atoms with E-state index in [4.69, 9.17) is 11.3 Å². The standard InChI is InChI=1S/C48H30N2O/c1-3-12-31(13-4-1)36-18-11-21-46-48(36)39-25-24-35(30-47(39)51-46)50-43-20-10-8-17-38(43)41-29-33(23-27-45(41)50)32-22-26-44-40(28-32)37-16-7-9-19-42(37)49(44)34-14-5-2-6-15-34/h1-30H/i1D,3D,4D,12D,13D. The van der Waals surface area contributed by atoms with Gasteiger partial charge in [-0.25, -0.2) is 0 Å². The molecule has 0 saturated carbocycles. The molecule has 0 aliphatic carbocycles. The van der Waals surface area contributed by atoms with E-state index in [1.165, 1.54) is 21.8 Å². The van der Waals surface area contributed by atoms with Gasteiger partial charge >= 0.3 is 0 Å². The number of hydrogen-bond donors (Lipinski definition) is 0. The fourth-order valence-corrected chi connectivity index (χ4v) is 7.98. The Morgan fingerprint density at radius 1 is 0.392 bits per heavy atom. The van der Waals surface area contributed by atoms with E-state index in [1.807, 2.05) is 24.3 Å². The molecule has 11 aromatic rings. The first-order valence-corrected chi connectivity index (χ1v) is 17.0.